The minimum absolute atomic E-state index is 0.186. The maximum Gasteiger partial charge on any atom is 0.339 e. The summed E-state index contributed by atoms with van der Waals surface area (Å²) in [7, 11) is 0. The van der Waals surface area contributed by atoms with E-state index in [-0.39, 0.29) is 17.9 Å². The standard InChI is InChI=1S/C17H15ClN4O4/c18-12-6-16(23)22(20-7-12)10-26-17(24)11-1-2-14-15(5-11)21(9-19-14)8-13-3-4-25-13/h1-2,5-7,9,13H,3-4,8,10H2. The van der Waals surface area contributed by atoms with Gasteiger partial charge in [0.05, 0.1) is 46.8 Å². The Kier molecular flexibility index (Phi) is 4.44. The second-order valence-corrected chi connectivity index (χ2v) is 6.39. The summed E-state index contributed by atoms with van der Waals surface area (Å²) >= 11 is 5.68. The summed E-state index contributed by atoms with van der Waals surface area (Å²) in [6.45, 7) is 1.19. The highest BCUT2D eigenvalue weighted by Gasteiger charge is 2.20. The Bertz CT molecular complexity index is 1030. The predicted octanol–water partition coefficient (Wildman–Crippen LogP) is 1.85. The van der Waals surface area contributed by atoms with Gasteiger partial charge in [0.25, 0.3) is 5.56 Å². The van der Waals surface area contributed by atoms with Gasteiger partial charge in [0.15, 0.2) is 6.73 Å². The van der Waals surface area contributed by atoms with Gasteiger partial charge in [-0.1, -0.05) is 11.6 Å². The lowest BCUT2D eigenvalue weighted by Gasteiger charge is -2.26. The van der Waals surface area contributed by atoms with E-state index in [4.69, 9.17) is 21.1 Å². The number of hydrogen-bond donors (Lipinski definition) is 0. The zero-order valence-corrected chi connectivity index (χ0v) is 14.4. The van der Waals surface area contributed by atoms with Crippen molar-refractivity contribution in [1.82, 2.24) is 19.3 Å². The van der Waals surface area contributed by atoms with Gasteiger partial charge < -0.3 is 14.0 Å². The summed E-state index contributed by atoms with van der Waals surface area (Å²) in [6.07, 6.45) is 4.25. The summed E-state index contributed by atoms with van der Waals surface area (Å²) in [5.41, 5.74) is 1.54. The zero-order valence-electron chi connectivity index (χ0n) is 13.7. The van der Waals surface area contributed by atoms with E-state index in [1.165, 1.54) is 12.3 Å². The summed E-state index contributed by atoms with van der Waals surface area (Å²) in [5.74, 6) is -0.553. The van der Waals surface area contributed by atoms with E-state index in [0.717, 1.165) is 28.7 Å². The third-order valence-electron chi connectivity index (χ3n) is 4.20. The number of carbonyl (C=O) groups is 1. The Morgan fingerprint density at radius 1 is 1.38 bits per heavy atom. The number of aromatic nitrogens is 4. The van der Waals surface area contributed by atoms with Gasteiger partial charge in [-0.25, -0.2) is 9.78 Å². The molecule has 9 heteroatoms. The van der Waals surface area contributed by atoms with Gasteiger partial charge in [-0.15, -0.1) is 0 Å². The number of ether oxygens (including phenoxy) is 2. The highest BCUT2D eigenvalue weighted by molar-refractivity contribution is 6.30. The zero-order chi connectivity index (χ0) is 18.1. The van der Waals surface area contributed by atoms with Gasteiger partial charge in [-0.05, 0) is 24.6 Å². The van der Waals surface area contributed by atoms with Crippen LogP contribution in [-0.2, 0) is 22.7 Å². The average Bonchev–Trinajstić information content (AvgIpc) is 2.99. The first-order valence-corrected chi connectivity index (χ1v) is 8.44. The van der Waals surface area contributed by atoms with Crippen molar-refractivity contribution in [2.75, 3.05) is 6.61 Å². The fourth-order valence-electron chi connectivity index (χ4n) is 2.69. The molecule has 1 aromatic carbocycles. The van der Waals surface area contributed by atoms with Crippen LogP contribution in [0.25, 0.3) is 11.0 Å². The van der Waals surface area contributed by atoms with E-state index in [1.54, 1.807) is 24.5 Å². The maximum absolute atomic E-state index is 12.3. The molecule has 3 aromatic rings. The van der Waals surface area contributed by atoms with Crippen LogP contribution in [0.5, 0.6) is 0 Å². The lowest BCUT2D eigenvalue weighted by Crippen LogP contribution is -2.30. The topological polar surface area (TPSA) is 88.2 Å². The van der Waals surface area contributed by atoms with Crippen molar-refractivity contribution in [2.45, 2.75) is 25.8 Å². The van der Waals surface area contributed by atoms with E-state index < -0.39 is 11.5 Å². The molecule has 0 aliphatic carbocycles. The molecule has 0 N–H and O–H groups in total. The van der Waals surface area contributed by atoms with E-state index in [2.05, 4.69) is 10.1 Å². The van der Waals surface area contributed by atoms with E-state index in [0.29, 0.717) is 12.1 Å². The molecule has 2 aromatic heterocycles. The predicted molar refractivity (Wildman–Crippen MR) is 93.0 cm³/mol. The Morgan fingerprint density at radius 3 is 2.96 bits per heavy atom. The number of benzene rings is 1. The van der Waals surface area contributed by atoms with Gasteiger partial charge >= 0.3 is 5.97 Å². The van der Waals surface area contributed by atoms with Crippen LogP contribution in [-0.4, -0.2) is 38.0 Å². The van der Waals surface area contributed by atoms with Gasteiger partial charge in [-0.2, -0.15) is 9.78 Å². The van der Waals surface area contributed by atoms with Crippen molar-refractivity contribution in [3.8, 4) is 0 Å². The van der Waals surface area contributed by atoms with Gasteiger partial charge in [0, 0.05) is 12.7 Å². The number of halogens is 1. The molecule has 26 heavy (non-hydrogen) atoms. The number of esters is 1. The normalized spacial score (nSPS) is 16.4. The summed E-state index contributed by atoms with van der Waals surface area (Å²) in [4.78, 5) is 28.4. The molecule has 0 saturated carbocycles. The van der Waals surface area contributed by atoms with Crippen molar-refractivity contribution < 1.29 is 14.3 Å². The molecule has 8 nitrogen and oxygen atoms in total. The molecule has 3 heterocycles. The van der Waals surface area contributed by atoms with Crippen LogP contribution in [0.4, 0.5) is 0 Å². The van der Waals surface area contributed by atoms with Crippen molar-refractivity contribution in [3.63, 3.8) is 0 Å². The van der Waals surface area contributed by atoms with Crippen LogP contribution >= 0.6 is 11.6 Å². The van der Waals surface area contributed by atoms with Crippen LogP contribution in [0.2, 0.25) is 5.02 Å². The molecule has 1 atom stereocenters. The van der Waals surface area contributed by atoms with E-state index >= 15 is 0 Å². The molecule has 1 aliphatic heterocycles. The molecule has 0 radical (unpaired) electrons. The minimum atomic E-state index is -0.553. The summed E-state index contributed by atoms with van der Waals surface area (Å²) in [6, 6.07) is 6.33. The fraction of sp³-hybridized carbons (Fsp3) is 0.294. The SMILES string of the molecule is O=C(OCn1ncc(Cl)cc1=O)c1ccc2ncn(CC3CCO3)c2c1. The molecule has 134 valence electrons. The second kappa shape index (κ2) is 6.89. The molecular formula is C17H15ClN4O4. The van der Waals surface area contributed by atoms with Gasteiger partial charge in [0.1, 0.15) is 0 Å². The van der Waals surface area contributed by atoms with Crippen molar-refractivity contribution in [2.24, 2.45) is 0 Å². The largest absolute Gasteiger partial charge is 0.439 e. The lowest BCUT2D eigenvalue weighted by molar-refractivity contribution is -0.0586. The molecule has 0 spiro atoms. The quantitative estimate of drug-likeness (QED) is 0.633. The third kappa shape index (κ3) is 3.33. The summed E-state index contributed by atoms with van der Waals surface area (Å²) in [5, 5.41) is 4.04. The number of nitrogens with zero attached hydrogens (tertiary/aromatic N) is 4. The highest BCUT2D eigenvalue weighted by atomic mass is 35.5. The fourth-order valence-corrected chi connectivity index (χ4v) is 2.83. The first kappa shape index (κ1) is 16.7. The molecule has 4 rings (SSSR count). The molecule has 1 unspecified atom stereocenters. The van der Waals surface area contributed by atoms with Crippen molar-refractivity contribution in [3.05, 3.63) is 57.7 Å². The van der Waals surface area contributed by atoms with Crippen LogP contribution in [0, 0.1) is 0 Å². The molecule has 0 bridgehead atoms. The molecule has 1 saturated heterocycles. The van der Waals surface area contributed by atoms with Crippen LogP contribution < -0.4 is 5.56 Å². The smallest absolute Gasteiger partial charge is 0.339 e. The summed E-state index contributed by atoms with van der Waals surface area (Å²) < 4.78 is 13.6. The number of hydrogen-bond acceptors (Lipinski definition) is 6. The number of carbonyl (C=O) groups excluding carboxylic acids is 1. The lowest BCUT2D eigenvalue weighted by atomic mass is 10.1. The van der Waals surface area contributed by atoms with E-state index in [1.807, 2.05) is 4.57 Å². The maximum atomic E-state index is 12.3. The Morgan fingerprint density at radius 2 is 2.23 bits per heavy atom. The number of imidazole rings is 1. The minimum Gasteiger partial charge on any atom is -0.439 e. The Labute approximate surface area is 152 Å². The molecule has 1 fully saturated rings. The molecule has 0 amide bonds. The first-order valence-electron chi connectivity index (χ1n) is 8.06. The van der Waals surface area contributed by atoms with Crippen molar-refractivity contribution >= 4 is 28.6 Å². The third-order valence-corrected chi connectivity index (χ3v) is 4.41. The average molecular weight is 375 g/mol. The first-order chi connectivity index (χ1) is 12.6. The van der Waals surface area contributed by atoms with E-state index in [9.17, 15) is 9.59 Å². The molecular weight excluding hydrogens is 360 g/mol. The Balaban J connectivity index is 1.50. The number of rotatable bonds is 5. The van der Waals surface area contributed by atoms with Gasteiger partial charge in [-0.3, -0.25) is 4.79 Å². The monoisotopic (exact) mass is 374 g/mol. The second-order valence-electron chi connectivity index (χ2n) is 5.95. The van der Waals surface area contributed by atoms with Crippen LogP contribution in [0.15, 0.2) is 41.6 Å². The molecule has 1 aliphatic rings. The Hall–Kier alpha value is -2.71. The van der Waals surface area contributed by atoms with Gasteiger partial charge in [0.2, 0.25) is 0 Å². The van der Waals surface area contributed by atoms with Crippen LogP contribution in [0.3, 0.4) is 0 Å². The van der Waals surface area contributed by atoms with Crippen molar-refractivity contribution in [1.29, 1.82) is 0 Å². The number of fused-ring (bicyclic) bond motifs is 1. The highest BCUT2D eigenvalue weighted by Crippen LogP contribution is 2.20. The van der Waals surface area contributed by atoms with Crippen LogP contribution in [0.1, 0.15) is 16.8 Å².